The van der Waals surface area contributed by atoms with Crippen LogP contribution in [0.4, 0.5) is 0 Å². The summed E-state index contributed by atoms with van der Waals surface area (Å²) in [5, 5.41) is 2.84. The number of aromatic nitrogens is 1. The number of nitrogens with one attached hydrogen (secondary N) is 1. The molecule has 0 saturated carbocycles. The minimum absolute atomic E-state index is 0.0426. The third-order valence-corrected chi connectivity index (χ3v) is 4.72. The summed E-state index contributed by atoms with van der Waals surface area (Å²) in [4.78, 5) is 23.5. The van der Waals surface area contributed by atoms with E-state index in [1.54, 1.807) is 24.0 Å². The Morgan fingerprint density at radius 2 is 1.96 bits per heavy atom. The maximum absolute atomic E-state index is 11.9. The first kappa shape index (κ1) is 17.8. The van der Waals surface area contributed by atoms with Crippen molar-refractivity contribution in [2.45, 2.75) is 19.2 Å². The second-order valence-electron chi connectivity index (χ2n) is 5.20. The minimum atomic E-state index is -0.183. The highest BCUT2D eigenvalue weighted by molar-refractivity contribution is 9.10. The monoisotopic (exact) mass is 394 g/mol. The lowest BCUT2D eigenvalue weighted by molar-refractivity contribution is -0.121. The van der Waals surface area contributed by atoms with Gasteiger partial charge in [0.05, 0.1) is 0 Å². The van der Waals surface area contributed by atoms with Gasteiger partial charge in [0.15, 0.2) is 0 Å². The number of benzene rings is 1. The minimum Gasteiger partial charge on any atom is -0.354 e. The maximum Gasteiger partial charge on any atom is 0.251 e. The van der Waals surface area contributed by atoms with E-state index in [4.69, 9.17) is 0 Å². The Labute approximate surface area is 148 Å². The van der Waals surface area contributed by atoms with Gasteiger partial charge in [-0.3, -0.25) is 9.59 Å². The van der Waals surface area contributed by atoms with Gasteiger partial charge in [0.1, 0.15) is 6.54 Å². The fraction of sp³-hybridized carbons (Fsp3) is 0.294. The third-order valence-electron chi connectivity index (χ3n) is 3.22. The van der Waals surface area contributed by atoms with Crippen molar-refractivity contribution in [2.75, 3.05) is 12.3 Å². The zero-order valence-electron chi connectivity index (χ0n) is 12.9. The number of aryl methyl sites for hydroxylation is 1. The SMILES string of the molecule is Cc1ccc(CSCCNC(=O)Cn2cc(Br)ccc2=O)cc1. The Hall–Kier alpha value is -1.53. The Bertz CT molecular complexity index is 713. The van der Waals surface area contributed by atoms with Gasteiger partial charge >= 0.3 is 0 Å². The van der Waals surface area contributed by atoms with Crippen LogP contribution < -0.4 is 10.9 Å². The van der Waals surface area contributed by atoms with Crippen molar-refractivity contribution >= 4 is 33.6 Å². The lowest BCUT2D eigenvalue weighted by atomic mass is 10.2. The smallest absolute Gasteiger partial charge is 0.251 e. The van der Waals surface area contributed by atoms with Gasteiger partial charge in [-0.2, -0.15) is 11.8 Å². The average Bonchev–Trinajstić information content (AvgIpc) is 2.52. The molecule has 0 radical (unpaired) electrons. The number of carbonyl (C=O) groups is 1. The van der Waals surface area contributed by atoms with E-state index in [0.29, 0.717) is 6.54 Å². The van der Waals surface area contributed by atoms with E-state index in [9.17, 15) is 9.59 Å². The summed E-state index contributed by atoms with van der Waals surface area (Å²) in [6.45, 7) is 2.71. The first-order valence-corrected chi connectivity index (χ1v) is 9.25. The van der Waals surface area contributed by atoms with Gasteiger partial charge in [0.25, 0.3) is 5.56 Å². The van der Waals surface area contributed by atoms with Gasteiger partial charge in [-0.15, -0.1) is 0 Å². The number of carbonyl (C=O) groups excluding carboxylic acids is 1. The van der Waals surface area contributed by atoms with Crippen molar-refractivity contribution in [1.29, 1.82) is 0 Å². The Kier molecular flexibility index (Phi) is 6.92. The van der Waals surface area contributed by atoms with Crippen LogP contribution >= 0.6 is 27.7 Å². The molecule has 23 heavy (non-hydrogen) atoms. The molecule has 0 aliphatic heterocycles. The molecule has 1 heterocycles. The number of nitrogens with zero attached hydrogens (tertiary/aromatic N) is 1. The molecule has 0 aliphatic carbocycles. The number of hydrogen-bond acceptors (Lipinski definition) is 3. The van der Waals surface area contributed by atoms with Gasteiger partial charge in [-0.25, -0.2) is 0 Å². The number of rotatable bonds is 7. The first-order valence-electron chi connectivity index (χ1n) is 7.30. The van der Waals surface area contributed by atoms with Gasteiger partial charge in [-0.05, 0) is 34.5 Å². The summed E-state index contributed by atoms with van der Waals surface area (Å²) in [7, 11) is 0. The maximum atomic E-state index is 11.9. The lowest BCUT2D eigenvalue weighted by Gasteiger charge is -2.08. The normalized spacial score (nSPS) is 10.5. The van der Waals surface area contributed by atoms with Gasteiger partial charge in [0.2, 0.25) is 5.91 Å². The van der Waals surface area contributed by atoms with Crippen molar-refractivity contribution in [3.05, 3.63) is 68.5 Å². The number of amides is 1. The van der Waals surface area contributed by atoms with E-state index in [1.807, 2.05) is 0 Å². The van der Waals surface area contributed by atoms with Crippen LogP contribution in [0.25, 0.3) is 0 Å². The molecular formula is C17H19BrN2O2S. The molecule has 2 rings (SSSR count). The summed E-state index contributed by atoms with van der Waals surface area (Å²) in [6.07, 6.45) is 1.62. The van der Waals surface area contributed by atoms with E-state index in [2.05, 4.69) is 52.4 Å². The van der Waals surface area contributed by atoms with E-state index in [0.717, 1.165) is 16.0 Å². The predicted octanol–water partition coefficient (Wildman–Crippen LogP) is 2.97. The zero-order chi connectivity index (χ0) is 16.7. The molecule has 0 spiro atoms. The Morgan fingerprint density at radius 3 is 2.70 bits per heavy atom. The van der Waals surface area contributed by atoms with Crippen LogP contribution in [-0.4, -0.2) is 22.8 Å². The summed E-state index contributed by atoms with van der Waals surface area (Å²) in [5.74, 6) is 1.62. The van der Waals surface area contributed by atoms with Gasteiger partial charge < -0.3 is 9.88 Å². The van der Waals surface area contributed by atoms with Crippen LogP contribution in [0.2, 0.25) is 0 Å². The van der Waals surface area contributed by atoms with Crippen molar-refractivity contribution in [3.63, 3.8) is 0 Å². The fourth-order valence-corrected chi connectivity index (χ4v) is 3.17. The third kappa shape index (κ3) is 6.23. The molecule has 1 N–H and O–H groups in total. The average molecular weight is 395 g/mol. The van der Waals surface area contributed by atoms with E-state index in [-0.39, 0.29) is 18.0 Å². The van der Waals surface area contributed by atoms with Crippen molar-refractivity contribution < 1.29 is 4.79 Å². The summed E-state index contributed by atoms with van der Waals surface area (Å²) in [6, 6.07) is 11.6. The number of halogens is 1. The molecule has 4 nitrogen and oxygen atoms in total. The molecule has 0 bridgehead atoms. The number of thioether (sulfide) groups is 1. The highest BCUT2D eigenvalue weighted by atomic mass is 79.9. The van der Waals surface area contributed by atoms with Crippen molar-refractivity contribution in [1.82, 2.24) is 9.88 Å². The first-order chi connectivity index (χ1) is 11.0. The highest BCUT2D eigenvalue weighted by Crippen LogP contribution is 2.12. The number of pyridine rings is 1. The van der Waals surface area contributed by atoms with Crippen LogP contribution in [0.3, 0.4) is 0 Å². The largest absolute Gasteiger partial charge is 0.354 e. The topological polar surface area (TPSA) is 51.1 Å². The number of hydrogen-bond donors (Lipinski definition) is 1. The van der Waals surface area contributed by atoms with Crippen LogP contribution in [0, 0.1) is 6.92 Å². The van der Waals surface area contributed by atoms with E-state index in [1.165, 1.54) is 21.8 Å². The Balaban J connectivity index is 1.68. The molecule has 122 valence electrons. The van der Waals surface area contributed by atoms with Crippen LogP contribution in [0.15, 0.2) is 51.9 Å². The van der Waals surface area contributed by atoms with Gasteiger partial charge in [0, 0.05) is 34.8 Å². The van der Waals surface area contributed by atoms with E-state index < -0.39 is 0 Å². The van der Waals surface area contributed by atoms with Gasteiger partial charge in [-0.1, -0.05) is 29.8 Å². The van der Waals surface area contributed by atoms with Crippen LogP contribution in [-0.2, 0) is 17.1 Å². The van der Waals surface area contributed by atoms with E-state index >= 15 is 0 Å². The summed E-state index contributed by atoms with van der Waals surface area (Å²) < 4.78 is 2.16. The molecule has 0 aliphatic rings. The molecule has 1 amide bonds. The molecule has 2 aromatic rings. The van der Waals surface area contributed by atoms with Crippen LogP contribution in [0.1, 0.15) is 11.1 Å². The Morgan fingerprint density at radius 1 is 1.22 bits per heavy atom. The van der Waals surface area contributed by atoms with Crippen molar-refractivity contribution in [3.8, 4) is 0 Å². The second kappa shape index (κ2) is 8.93. The molecule has 0 atom stereocenters. The molecule has 1 aromatic carbocycles. The molecule has 0 fully saturated rings. The second-order valence-corrected chi connectivity index (χ2v) is 7.22. The molecular weight excluding hydrogens is 376 g/mol. The summed E-state index contributed by atoms with van der Waals surface area (Å²) >= 11 is 5.07. The lowest BCUT2D eigenvalue weighted by Crippen LogP contribution is -2.33. The van der Waals surface area contributed by atoms with Crippen molar-refractivity contribution in [2.24, 2.45) is 0 Å². The molecule has 6 heteroatoms. The molecule has 0 saturated heterocycles. The quantitative estimate of drug-likeness (QED) is 0.734. The summed E-state index contributed by atoms with van der Waals surface area (Å²) in [5.41, 5.74) is 2.36. The van der Waals surface area contributed by atoms with Crippen LogP contribution in [0.5, 0.6) is 0 Å². The standard InChI is InChI=1S/C17H19BrN2O2S/c1-13-2-4-14(5-3-13)12-23-9-8-19-16(21)11-20-10-15(18)6-7-17(20)22/h2-7,10H,8-9,11-12H2,1H3,(H,19,21). The molecule has 1 aromatic heterocycles. The molecule has 0 unspecified atom stereocenters. The zero-order valence-corrected chi connectivity index (χ0v) is 15.3. The fourth-order valence-electron chi connectivity index (χ4n) is 1.97. The highest BCUT2D eigenvalue weighted by Gasteiger charge is 2.04. The predicted molar refractivity (Wildman–Crippen MR) is 98.8 cm³/mol.